The van der Waals surface area contributed by atoms with E-state index >= 15 is 0 Å². The maximum absolute atomic E-state index is 5.29. The molecule has 0 N–H and O–H groups in total. The van der Waals surface area contributed by atoms with Gasteiger partial charge in [0.25, 0.3) is 0 Å². The molecule has 0 fully saturated rings. The van der Waals surface area contributed by atoms with E-state index in [1.165, 1.54) is 0 Å². The zero-order valence-electron chi connectivity index (χ0n) is 9.02. The van der Waals surface area contributed by atoms with Crippen LogP contribution in [-0.4, -0.2) is 24.0 Å². The minimum absolute atomic E-state index is 0.242. The molecule has 0 aromatic heterocycles. The molecule has 1 heteroatoms. The summed E-state index contributed by atoms with van der Waals surface area (Å²) in [4.78, 5) is 2.26. The van der Waals surface area contributed by atoms with Crippen LogP contribution in [-0.2, 0) is 0 Å². The standard InChI is InChI=1S/C11H21N/c1-7-9-12(6)11(5,8-2)10(3)4/h1,10H,8-9H2,2-6H3. The third-order valence-corrected chi connectivity index (χ3v) is 3.16. The fraction of sp³-hybridized carbons (Fsp3) is 0.818. The van der Waals surface area contributed by atoms with E-state index in [-0.39, 0.29) is 5.54 Å². The average molecular weight is 167 g/mol. The summed E-state index contributed by atoms with van der Waals surface area (Å²) >= 11 is 0. The zero-order chi connectivity index (χ0) is 9.78. The third-order valence-electron chi connectivity index (χ3n) is 3.16. The van der Waals surface area contributed by atoms with E-state index in [4.69, 9.17) is 6.42 Å². The van der Waals surface area contributed by atoms with Crippen molar-refractivity contribution < 1.29 is 0 Å². The summed E-state index contributed by atoms with van der Waals surface area (Å²) in [6.45, 7) is 9.72. The van der Waals surface area contributed by atoms with Crippen molar-refractivity contribution in [3.8, 4) is 12.3 Å². The van der Waals surface area contributed by atoms with Gasteiger partial charge >= 0.3 is 0 Å². The molecule has 0 bridgehead atoms. The molecule has 0 saturated carbocycles. The van der Waals surface area contributed by atoms with Crippen molar-refractivity contribution >= 4 is 0 Å². The van der Waals surface area contributed by atoms with E-state index in [0.29, 0.717) is 5.92 Å². The Labute approximate surface area is 77.1 Å². The second-order valence-corrected chi connectivity index (χ2v) is 3.93. The molecule has 0 aromatic rings. The summed E-state index contributed by atoms with van der Waals surface area (Å²) in [5, 5.41) is 0. The monoisotopic (exact) mass is 167 g/mol. The largest absolute Gasteiger partial charge is 0.290 e. The van der Waals surface area contributed by atoms with Gasteiger partial charge in [0, 0.05) is 5.54 Å². The normalized spacial score (nSPS) is 16.2. The van der Waals surface area contributed by atoms with Crippen LogP contribution in [0.15, 0.2) is 0 Å². The minimum Gasteiger partial charge on any atom is -0.290 e. The van der Waals surface area contributed by atoms with Crippen LogP contribution in [0.4, 0.5) is 0 Å². The molecule has 0 aromatic carbocycles. The lowest BCUT2D eigenvalue weighted by Crippen LogP contribution is -2.47. The summed E-state index contributed by atoms with van der Waals surface area (Å²) in [7, 11) is 2.10. The maximum atomic E-state index is 5.29. The van der Waals surface area contributed by atoms with Gasteiger partial charge in [-0.15, -0.1) is 6.42 Å². The van der Waals surface area contributed by atoms with E-state index in [2.05, 4.69) is 45.6 Å². The molecule has 0 heterocycles. The smallest absolute Gasteiger partial charge is 0.0600 e. The highest BCUT2D eigenvalue weighted by Gasteiger charge is 2.29. The molecule has 0 saturated heterocycles. The average Bonchev–Trinajstić information content (AvgIpc) is 2.03. The molecule has 12 heavy (non-hydrogen) atoms. The fourth-order valence-electron chi connectivity index (χ4n) is 1.44. The van der Waals surface area contributed by atoms with E-state index in [1.807, 2.05) is 0 Å². The summed E-state index contributed by atoms with van der Waals surface area (Å²) in [6.07, 6.45) is 6.43. The van der Waals surface area contributed by atoms with Gasteiger partial charge in [0.05, 0.1) is 6.54 Å². The Balaban J connectivity index is 4.42. The van der Waals surface area contributed by atoms with Gasteiger partial charge in [0.2, 0.25) is 0 Å². The summed E-state index contributed by atoms with van der Waals surface area (Å²) in [5.41, 5.74) is 0.242. The van der Waals surface area contributed by atoms with Crippen molar-refractivity contribution in [2.45, 2.75) is 39.7 Å². The Bertz CT molecular complexity index is 166. The van der Waals surface area contributed by atoms with Gasteiger partial charge < -0.3 is 0 Å². The number of hydrogen-bond donors (Lipinski definition) is 0. The zero-order valence-corrected chi connectivity index (χ0v) is 9.02. The molecule has 1 unspecified atom stereocenters. The molecule has 0 aliphatic carbocycles. The third kappa shape index (κ3) is 2.25. The predicted octanol–water partition coefficient (Wildman–Crippen LogP) is 2.38. The van der Waals surface area contributed by atoms with E-state index in [1.54, 1.807) is 0 Å². The number of nitrogens with zero attached hydrogens (tertiary/aromatic N) is 1. The molecule has 0 rings (SSSR count). The van der Waals surface area contributed by atoms with Gasteiger partial charge in [0.15, 0.2) is 0 Å². The maximum Gasteiger partial charge on any atom is 0.0600 e. The molecule has 1 nitrogen and oxygen atoms in total. The molecule has 0 amide bonds. The van der Waals surface area contributed by atoms with Gasteiger partial charge in [-0.1, -0.05) is 26.7 Å². The lowest BCUT2D eigenvalue weighted by Gasteiger charge is -2.41. The van der Waals surface area contributed by atoms with Gasteiger partial charge in [-0.3, -0.25) is 4.90 Å². The first-order chi connectivity index (χ1) is 5.49. The molecule has 0 aliphatic heterocycles. The Kier molecular flexibility index (Phi) is 4.34. The predicted molar refractivity (Wildman–Crippen MR) is 55.0 cm³/mol. The van der Waals surface area contributed by atoms with E-state index in [9.17, 15) is 0 Å². The fourth-order valence-corrected chi connectivity index (χ4v) is 1.44. The number of terminal acetylenes is 1. The van der Waals surface area contributed by atoms with Crippen molar-refractivity contribution in [2.75, 3.05) is 13.6 Å². The van der Waals surface area contributed by atoms with Crippen LogP contribution in [0.3, 0.4) is 0 Å². The van der Waals surface area contributed by atoms with E-state index < -0.39 is 0 Å². The highest BCUT2D eigenvalue weighted by atomic mass is 15.2. The molecular formula is C11H21N. The number of hydrogen-bond acceptors (Lipinski definition) is 1. The first-order valence-electron chi connectivity index (χ1n) is 4.63. The Morgan fingerprint density at radius 2 is 2.00 bits per heavy atom. The summed E-state index contributed by atoms with van der Waals surface area (Å²) < 4.78 is 0. The van der Waals surface area contributed by atoms with Gasteiger partial charge in [-0.2, -0.15) is 0 Å². The molecule has 1 atom stereocenters. The van der Waals surface area contributed by atoms with Crippen molar-refractivity contribution in [2.24, 2.45) is 5.92 Å². The Hall–Kier alpha value is -0.480. The van der Waals surface area contributed by atoms with Gasteiger partial charge in [-0.05, 0) is 26.3 Å². The highest BCUT2D eigenvalue weighted by molar-refractivity contribution is 4.94. The van der Waals surface area contributed by atoms with Gasteiger partial charge in [-0.25, -0.2) is 0 Å². The van der Waals surface area contributed by atoms with Crippen LogP contribution >= 0.6 is 0 Å². The number of rotatable bonds is 4. The van der Waals surface area contributed by atoms with Crippen LogP contribution in [0, 0.1) is 18.3 Å². The quantitative estimate of drug-likeness (QED) is 0.581. The summed E-state index contributed by atoms with van der Waals surface area (Å²) in [6, 6.07) is 0. The second kappa shape index (κ2) is 4.52. The van der Waals surface area contributed by atoms with Crippen molar-refractivity contribution in [3.05, 3.63) is 0 Å². The minimum atomic E-state index is 0.242. The van der Waals surface area contributed by atoms with Crippen molar-refractivity contribution in [1.29, 1.82) is 0 Å². The van der Waals surface area contributed by atoms with Crippen LogP contribution in [0.2, 0.25) is 0 Å². The topological polar surface area (TPSA) is 3.24 Å². The highest BCUT2D eigenvalue weighted by Crippen LogP contribution is 2.26. The molecule has 0 spiro atoms. The van der Waals surface area contributed by atoms with Crippen molar-refractivity contribution in [3.63, 3.8) is 0 Å². The van der Waals surface area contributed by atoms with Crippen molar-refractivity contribution in [1.82, 2.24) is 4.90 Å². The van der Waals surface area contributed by atoms with Crippen LogP contribution in [0.5, 0.6) is 0 Å². The molecule has 0 radical (unpaired) electrons. The van der Waals surface area contributed by atoms with Crippen LogP contribution < -0.4 is 0 Å². The first-order valence-corrected chi connectivity index (χ1v) is 4.63. The van der Waals surface area contributed by atoms with Gasteiger partial charge in [0.1, 0.15) is 0 Å². The SMILES string of the molecule is C#CCN(C)C(C)(CC)C(C)C. The summed E-state index contributed by atoms with van der Waals surface area (Å²) in [5.74, 6) is 3.33. The van der Waals surface area contributed by atoms with E-state index in [0.717, 1.165) is 13.0 Å². The second-order valence-electron chi connectivity index (χ2n) is 3.93. The first kappa shape index (κ1) is 11.5. The lowest BCUT2D eigenvalue weighted by atomic mass is 9.84. The molecule has 0 aliphatic rings. The van der Waals surface area contributed by atoms with Crippen LogP contribution in [0.25, 0.3) is 0 Å². The lowest BCUT2D eigenvalue weighted by molar-refractivity contribution is 0.0968. The molecular weight excluding hydrogens is 146 g/mol. The Morgan fingerprint density at radius 3 is 2.25 bits per heavy atom. The Morgan fingerprint density at radius 1 is 1.50 bits per heavy atom. The van der Waals surface area contributed by atoms with Crippen LogP contribution in [0.1, 0.15) is 34.1 Å². The molecule has 70 valence electrons.